The zero-order chi connectivity index (χ0) is 23.2. The molecule has 1 aliphatic heterocycles. The van der Waals surface area contributed by atoms with Gasteiger partial charge in [-0.15, -0.1) is 0 Å². The number of hydrogen-bond donors (Lipinski definition) is 1. The highest BCUT2D eigenvalue weighted by Crippen LogP contribution is 2.17. The van der Waals surface area contributed by atoms with Gasteiger partial charge in [0.15, 0.2) is 0 Å². The maximum Gasteiger partial charge on any atom is 0.308 e. The average molecular weight is 445 g/mol. The number of rotatable bonds is 14. The van der Waals surface area contributed by atoms with E-state index < -0.39 is 12.0 Å². The Kier molecular flexibility index (Phi) is 11.8. The summed E-state index contributed by atoms with van der Waals surface area (Å²) in [5.74, 6) is -0.940. The van der Waals surface area contributed by atoms with Gasteiger partial charge in [0.1, 0.15) is 6.04 Å². The molecule has 1 unspecified atom stereocenters. The Hall–Kier alpha value is -2.37. The smallest absolute Gasteiger partial charge is 0.308 e. The Balaban J connectivity index is 1.69. The summed E-state index contributed by atoms with van der Waals surface area (Å²) in [7, 11) is 0. The lowest BCUT2D eigenvalue weighted by Gasteiger charge is -2.34. The molecule has 0 radical (unpaired) electrons. The van der Waals surface area contributed by atoms with Crippen molar-refractivity contribution in [3.05, 3.63) is 35.4 Å². The first-order valence-electron chi connectivity index (χ1n) is 12.3. The predicted octanol–water partition coefficient (Wildman–Crippen LogP) is 4.79. The van der Waals surface area contributed by atoms with Crippen LogP contribution in [0.3, 0.4) is 0 Å². The molecule has 2 amide bonds. The second-order valence-electron chi connectivity index (χ2n) is 8.73. The Labute approximate surface area is 193 Å². The summed E-state index contributed by atoms with van der Waals surface area (Å²) in [4.78, 5) is 39.3. The van der Waals surface area contributed by atoms with Gasteiger partial charge in [0, 0.05) is 18.7 Å². The molecule has 1 aromatic rings. The van der Waals surface area contributed by atoms with E-state index in [4.69, 9.17) is 4.74 Å². The molecule has 0 aromatic heterocycles. The summed E-state index contributed by atoms with van der Waals surface area (Å²) in [6.07, 6.45) is 12.1. The molecule has 1 saturated heterocycles. The fourth-order valence-electron chi connectivity index (χ4n) is 4.12. The summed E-state index contributed by atoms with van der Waals surface area (Å²) in [6.45, 7) is 5.25. The van der Waals surface area contributed by atoms with Crippen molar-refractivity contribution in [2.45, 2.75) is 90.5 Å². The Bertz CT molecular complexity index is 734. The van der Waals surface area contributed by atoms with Crippen LogP contribution >= 0.6 is 0 Å². The van der Waals surface area contributed by atoms with Crippen LogP contribution in [-0.2, 0) is 14.3 Å². The van der Waals surface area contributed by atoms with Gasteiger partial charge in [0.05, 0.1) is 13.0 Å². The molecule has 0 aliphatic carbocycles. The molecular formula is C26H40N2O4. The molecule has 6 heteroatoms. The lowest BCUT2D eigenvalue weighted by atomic mass is 10.0. The molecular weight excluding hydrogens is 404 g/mol. The molecule has 32 heavy (non-hydrogen) atoms. The number of hydrogen-bond acceptors (Lipinski definition) is 4. The van der Waals surface area contributed by atoms with E-state index in [1.165, 1.54) is 49.8 Å². The monoisotopic (exact) mass is 444 g/mol. The van der Waals surface area contributed by atoms with Crippen molar-refractivity contribution < 1.29 is 19.1 Å². The van der Waals surface area contributed by atoms with Gasteiger partial charge >= 0.3 is 5.97 Å². The summed E-state index contributed by atoms with van der Waals surface area (Å²) in [5, 5.41) is 2.76. The van der Waals surface area contributed by atoms with Crippen molar-refractivity contribution in [1.82, 2.24) is 10.2 Å². The fraction of sp³-hybridized carbons (Fsp3) is 0.654. The number of nitrogens with zero attached hydrogens (tertiary/aromatic N) is 1. The third-order valence-electron chi connectivity index (χ3n) is 6.09. The number of benzene rings is 1. The second kappa shape index (κ2) is 14.6. The van der Waals surface area contributed by atoms with Crippen LogP contribution in [0.1, 0.15) is 93.5 Å². The van der Waals surface area contributed by atoms with E-state index in [0.717, 1.165) is 24.8 Å². The number of ether oxygens (including phenoxy) is 1. The average Bonchev–Trinajstić information content (AvgIpc) is 2.78. The SMILES string of the molecule is CCCCCCCCCCCCOC(=O)CC1C(=O)NCCN1C(=O)c1ccccc1C. The van der Waals surface area contributed by atoms with Crippen molar-refractivity contribution in [3.63, 3.8) is 0 Å². The molecule has 1 aliphatic rings. The molecule has 1 atom stereocenters. The van der Waals surface area contributed by atoms with Crippen molar-refractivity contribution in [3.8, 4) is 0 Å². The first kappa shape index (κ1) is 25.9. The number of esters is 1. The molecule has 178 valence electrons. The van der Waals surface area contributed by atoms with Crippen LogP contribution in [0.25, 0.3) is 0 Å². The van der Waals surface area contributed by atoms with Crippen LogP contribution in [0.15, 0.2) is 24.3 Å². The molecule has 0 bridgehead atoms. The molecule has 6 nitrogen and oxygen atoms in total. The molecule has 1 aromatic carbocycles. The second-order valence-corrected chi connectivity index (χ2v) is 8.73. The molecule has 1 heterocycles. The minimum absolute atomic E-state index is 0.110. The number of piperazine rings is 1. The van der Waals surface area contributed by atoms with Crippen LogP contribution in [0, 0.1) is 6.92 Å². The van der Waals surface area contributed by atoms with Crippen LogP contribution in [0.5, 0.6) is 0 Å². The lowest BCUT2D eigenvalue weighted by Crippen LogP contribution is -2.58. The van der Waals surface area contributed by atoms with E-state index in [1.807, 2.05) is 19.1 Å². The van der Waals surface area contributed by atoms with Crippen LogP contribution < -0.4 is 5.32 Å². The van der Waals surface area contributed by atoms with Crippen LogP contribution in [-0.4, -0.2) is 48.4 Å². The number of amides is 2. The molecule has 1 fully saturated rings. The van der Waals surface area contributed by atoms with E-state index >= 15 is 0 Å². The number of carbonyl (C=O) groups is 3. The van der Waals surface area contributed by atoms with E-state index in [2.05, 4.69) is 12.2 Å². The van der Waals surface area contributed by atoms with E-state index in [-0.39, 0.29) is 18.2 Å². The van der Waals surface area contributed by atoms with Gasteiger partial charge in [-0.2, -0.15) is 0 Å². The number of unbranched alkanes of at least 4 members (excludes halogenated alkanes) is 9. The van der Waals surface area contributed by atoms with Crippen molar-refractivity contribution in [2.75, 3.05) is 19.7 Å². The minimum Gasteiger partial charge on any atom is -0.466 e. The quantitative estimate of drug-likeness (QED) is 0.331. The van der Waals surface area contributed by atoms with Gasteiger partial charge in [-0.05, 0) is 25.0 Å². The summed E-state index contributed by atoms with van der Waals surface area (Å²) >= 11 is 0. The number of aryl methyl sites for hydroxylation is 1. The fourth-order valence-corrected chi connectivity index (χ4v) is 4.12. The highest BCUT2D eigenvalue weighted by Gasteiger charge is 2.35. The maximum atomic E-state index is 13.0. The van der Waals surface area contributed by atoms with Crippen molar-refractivity contribution in [2.24, 2.45) is 0 Å². The van der Waals surface area contributed by atoms with Gasteiger partial charge in [-0.1, -0.05) is 82.9 Å². The van der Waals surface area contributed by atoms with Crippen LogP contribution in [0.4, 0.5) is 0 Å². The Morgan fingerprint density at radius 3 is 2.28 bits per heavy atom. The first-order valence-corrected chi connectivity index (χ1v) is 12.3. The number of carbonyl (C=O) groups excluding carboxylic acids is 3. The van der Waals surface area contributed by atoms with Crippen molar-refractivity contribution in [1.29, 1.82) is 0 Å². The first-order chi connectivity index (χ1) is 15.5. The van der Waals surface area contributed by atoms with E-state index in [9.17, 15) is 14.4 Å². The van der Waals surface area contributed by atoms with Crippen molar-refractivity contribution >= 4 is 17.8 Å². The third kappa shape index (κ3) is 8.64. The zero-order valence-corrected chi connectivity index (χ0v) is 19.9. The highest BCUT2D eigenvalue weighted by molar-refractivity contribution is 6.00. The number of nitrogens with one attached hydrogen (secondary N) is 1. The van der Waals surface area contributed by atoms with Gasteiger partial charge in [-0.3, -0.25) is 14.4 Å². The Morgan fingerprint density at radius 1 is 1.00 bits per heavy atom. The largest absolute Gasteiger partial charge is 0.466 e. The highest BCUT2D eigenvalue weighted by atomic mass is 16.5. The summed E-state index contributed by atoms with van der Waals surface area (Å²) in [5.41, 5.74) is 1.41. The summed E-state index contributed by atoms with van der Waals surface area (Å²) in [6, 6.07) is 6.48. The van der Waals surface area contributed by atoms with E-state index in [0.29, 0.717) is 25.3 Å². The molecule has 1 N–H and O–H groups in total. The van der Waals surface area contributed by atoms with Gasteiger partial charge in [0.25, 0.3) is 5.91 Å². The maximum absolute atomic E-state index is 13.0. The third-order valence-corrected chi connectivity index (χ3v) is 6.09. The minimum atomic E-state index is -0.823. The topological polar surface area (TPSA) is 75.7 Å². The van der Waals surface area contributed by atoms with E-state index in [1.54, 1.807) is 12.1 Å². The molecule has 2 rings (SSSR count). The summed E-state index contributed by atoms with van der Waals surface area (Å²) < 4.78 is 5.37. The predicted molar refractivity (Wildman–Crippen MR) is 126 cm³/mol. The molecule has 0 spiro atoms. The lowest BCUT2D eigenvalue weighted by molar-refractivity contribution is -0.147. The Morgan fingerprint density at radius 2 is 1.62 bits per heavy atom. The normalized spacial score (nSPS) is 16.0. The van der Waals surface area contributed by atoms with Crippen LogP contribution in [0.2, 0.25) is 0 Å². The molecule has 0 saturated carbocycles. The van der Waals surface area contributed by atoms with Gasteiger partial charge in [-0.25, -0.2) is 0 Å². The zero-order valence-electron chi connectivity index (χ0n) is 19.9. The standard InChI is InChI=1S/C26H40N2O4/c1-3-4-5-6-7-8-9-10-11-14-19-32-24(29)20-23-25(30)27-17-18-28(23)26(31)22-16-13-12-15-21(22)2/h12-13,15-16,23H,3-11,14,17-20H2,1-2H3,(H,27,30). The van der Waals surface area contributed by atoms with Gasteiger partial charge in [0.2, 0.25) is 5.91 Å². The van der Waals surface area contributed by atoms with Gasteiger partial charge < -0.3 is 15.0 Å².